The first-order chi connectivity index (χ1) is 11.7. The number of ether oxygens (including phenoxy) is 2. The summed E-state index contributed by atoms with van der Waals surface area (Å²) in [7, 11) is 1.67. The van der Waals surface area contributed by atoms with Crippen LogP contribution in [0.25, 0.3) is 0 Å². The van der Waals surface area contributed by atoms with Gasteiger partial charge in [-0.25, -0.2) is 4.79 Å². The minimum absolute atomic E-state index is 0.0359. The summed E-state index contributed by atoms with van der Waals surface area (Å²) in [6, 6.07) is 0. The van der Waals surface area contributed by atoms with Crippen molar-refractivity contribution in [1.82, 2.24) is 4.90 Å². The molecule has 7 nitrogen and oxygen atoms in total. The van der Waals surface area contributed by atoms with Gasteiger partial charge in [-0.2, -0.15) is 0 Å². The van der Waals surface area contributed by atoms with E-state index in [2.05, 4.69) is 11.8 Å². The molecule has 0 radical (unpaired) electrons. The molecule has 1 fully saturated rings. The second kappa shape index (κ2) is 9.70. The molecule has 3 atom stereocenters. The Morgan fingerprint density at radius 3 is 2.32 bits per heavy atom. The molecule has 1 aliphatic heterocycles. The number of hydrogen-bond acceptors (Lipinski definition) is 5. The fourth-order valence-corrected chi connectivity index (χ4v) is 2.71. The van der Waals surface area contributed by atoms with Crippen LogP contribution < -0.4 is 0 Å². The highest BCUT2D eigenvalue weighted by molar-refractivity contribution is 5.90. The molecule has 0 saturated carbocycles. The maximum Gasteiger partial charge on any atom is 0.331 e. The van der Waals surface area contributed by atoms with Crippen molar-refractivity contribution in [3.8, 4) is 0 Å². The van der Waals surface area contributed by atoms with E-state index in [1.807, 2.05) is 6.92 Å². The van der Waals surface area contributed by atoms with Crippen molar-refractivity contribution in [1.29, 1.82) is 0 Å². The van der Waals surface area contributed by atoms with Gasteiger partial charge in [-0.1, -0.05) is 18.2 Å². The Morgan fingerprint density at radius 2 is 1.84 bits per heavy atom. The SMILES string of the molecule is CC1(C(=O)O)C=CC=C(C(=O)O)C1.COC(C)OC(C)N1CCCC1. The van der Waals surface area contributed by atoms with Crippen LogP contribution in [-0.2, 0) is 19.1 Å². The zero-order valence-electron chi connectivity index (χ0n) is 15.4. The van der Waals surface area contributed by atoms with E-state index in [1.165, 1.54) is 38.0 Å². The lowest BCUT2D eigenvalue weighted by Gasteiger charge is -2.26. The Kier molecular flexibility index (Phi) is 8.28. The topological polar surface area (TPSA) is 96.3 Å². The maximum atomic E-state index is 10.8. The average molecular weight is 355 g/mol. The normalized spacial score (nSPS) is 25.5. The van der Waals surface area contributed by atoms with E-state index >= 15 is 0 Å². The van der Waals surface area contributed by atoms with Crippen molar-refractivity contribution in [2.45, 2.75) is 52.6 Å². The van der Waals surface area contributed by atoms with Crippen LogP contribution in [0.15, 0.2) is 23.8 Å². The van der Waals surface area contributed by atoms with Gasteiger partial charge in [0.25, 0.3) is 0 Å². The number of hydrogen-bond donors (Lipinski definition) is 2. The number of carbonyl (C=O) groups is 2. The predicted molar refractivity (Wildman–Crippen MR) is 93.0 cm³/mol. The summed E-state index contributed by atoms with van der Waals surface area (Å²) in [6.45, 7) is 7.84. The standard InChI is InChI=1S/C9H19NO2.C9H10O4/c1-8(12-9(2)11-3)10-6-4-5-7-10;1-9(8(12)13)4-2-3-6(5-9)7(10)11/h8-9H,4-7H2,1-3H3;2-4H,5H2,1H3,(H,10,11)(H,12,13). The lowest BCUT2D eigenvalue weighted by Crippen LogP contribution is -2.35. The molecular formula is C18H29NO6. The number of carboxylic acids is 2. The number of allylic oxidation sites excluding steroid dienone is 2. The highest BCUT2D eigenvalue weighted by Gasteiger charge is 2.34. The van der Waals surface area contributed by atoms with Gasteiger partial charge in [-0.05, 0) is 40.0 Å². The summed E-state index contributed by atoms with van der Waals surface area (Å²) >= 11 is 0. The minimum atomic E-state index is -1.08. The molecule has 142 valence electrons. The summed E-state index contributed by atoms with van der Waals surface area (Å²) < 4.78 is 10.6. The molecule has 0 spiro atoms. The number of likely N-dealkylation sites (tertiary alicyclic amines) is 1. The van der Waals surface area contributed by atoms with Crippen LogP contribution in [0.4, 0.5) is 0 Å². The van der Waals surface area contributed by atoms with Gasteiger partial charge in [-0.15, -0.1) is 0 Å². The van der Waals surface area contributed by atoms with Crippen molar-refractivity contribution in [3.05, 3.63) is 23.8 Å². The van der Waals surface area contributed by atoms with Crippen LogP contribution in [0.2, 0.25) is 0 Å². The molecule has 1 heterocycles. The van der Waals surface area contributed by atoms with E-state index in [4.69, 9.17) is 19.7 Å². The summed E-state index contributed by atoms with van der Waals surface area (Å²) in [4.78, 5) is 23.7. The Morgan fingerprint density at radius 1 is 1.24 bits per heavy atom. The zero-order valence-corrected chi connectivity index (χ0v) is 15.4. The molecule has 0 aromatic carbocycles. The molecule has 2 N–H and O–H groups in total. The fraction of sp³-hybridized carbons (Fsp3) is 0.667. The molecule has 1 aliphatic carbocycles. The molecule has 3 unspecified atom stereocenters. The van der Waals surface area contributed by atoms with Crippen LogP contribution in [-0.4, -0.2) is 59.8 Å². The van der Waals surface area contributed by atoms with Crippen molar-refractivity contribution < 1.29 is 29.3 Å². The second-order valence-electron chi connectivity index (χ2n) is 6.54. The number of aliphatic carboxylic acids is 2. The fourth-order valence-electron chi connectivity index (χ4n) is 2.71. The van der Waals surface area contributed by atoms with Crippen LogP contribution in [0.5, 0.6) is 0 Å². The van der Waals surface area contributed by atoms with Crippen molar-refractivity contribution >= 4 is 11.9 Å². The maximum absolute atomic E-state index is 10.8. The Labute approximate surface area is 148 Å². The first-order valence-electron chi connectivity index (χ1n) is 8.47. The first-order valence-corrected chi connectivity index (χ1v) is 8.47. The summed E-state index contributed by atoms with van der Waals surface area (Å²) in [5, 5.41) is 17.5. The number of rotatable bonds is 6. The predicted octanol–water partition coefficient (Wildman–Crippen LogP) is 2.49. The molecule has 0 amide bonds. The quantitative estimate of drug-likeness (QED) is 0.707. The second-order valence-corrected chi connectivity index (χ2v) is 6.54. The van der Waals surface area contributed by atoms with Crippen molar-refractivity contribution in [2.24, 2.45) is 5.41 Å². The van der Waals surface area contributed by atoms with E-state index in [0.717, 1.165) is 13.1 Å². The monoisotopic (exact) mass is 355 g/mol. The molecule has 7 heteroatoms. The zero-order chi connectivity index (χ0) is 19.0. The van der Waals surface area contributed by atoms with Crippen molar-refractivity contribution in [2.75, 3.05) is 20.2 Å². The molecule has 2 aliphatic rings. The van der Waals surface area contributed by atoms with Crippen LogP contribution >= 0.6 is 0 Å². The van der Waals surface area contributed by atoms with Crippen LogP contribution in [0.3, 0.4) is 0 Å². The smallest absolute Gasteiger partial charge is 0.331 e. The molecule has 2 rings (SSSR count). The number of nitrogens with zero attached hydrogens (tertiary/aromatic N) is 1. The Balaban J connectivity index is 0.000000251. The van der Waals surface area contributed by atoms with Gasteiger partial charge < -0.3 is 19.7 Å². The summed E-state index contributed by atoms with van der Waals surface area (Å²) in [6.07, 6.45) is 7.14. The third-order valence-electron chi connectivity index (χ3n) is 4.46. The summed E-state index contributed by atoms with van der Waals surface area (Å²) in [5.41, 5.74) is -0.949. The van der Waals surface area contributed by atoms with E-state index in [1.54, 1.807) is 7.11 Å². The van der Waals surface area contributed by atoms with E-state index < -0.39 is 17.4 Å². The molecule has 1 saturated heterocycles. The third kappa shape index (κ3) is 6.61. The average Bonchev–Trinajstić information content (AvgIpc) is 3.09. The van der Waals surface area contributed by atoms with Gasteiger partial charge in [0, 0.05) is 25.8 Å². The molecule has 0 bridgehead atoms. The van der Waals surface area contributed by atoms with Gasteiger partial charge in [0.15, 0.2) is 6.29 Å². The summed E-state index contributed by atoms with van der Waals surface area (Å²) in [5.74, 6) is -2.06. The third-order valence-corrected chi connectivity index (χ3v) is 4.46. The Bertz CT molecular complexity index is 524. The van der Waals surface area contributed by atoms with Gasteiger partial charge in [0.1, 0.15) is 6.23 Å². The molecule has 25 heavy (non-hydrogen) atoms. The van der Waals surface area contributed by atoms with Gasteiger partial charge >= 0.3 is 11.9 Å². The van der Waals surface area contributed by atoms with E-state index in [9.17, 15) is 9.59 Å². The molecular weight excluding hydrogens is 326 g/mol. The highest BCUT2D eigenvalue weighted by Crippen LogP contribution is 2.31. The van der Waals surface area contributed by atoms with Crippen LogP contribution in [0, 0.1) is 5.41 Å². The van der Waals surface area contributed by atoms with Crippen LogP contribution in [0.1, 0.15) is 40.0 Å². The van der Waals surface area contributed by atoms with E-state index in [0.29, 0.717) is 0 Å². The first kappa shape index (κ1) is 21.3. The van der Waals surface area contributed by atoms with Gasteiger partial charge in [0.2, 0.25) is 0 Å². The lowest BCUT2D eigenvalue weighted by atomic mass is 9.80. The molecule has 0 aromatic rings. The number of methoxy groups -OCH3 is 1. The van der Waals surface area contributed by atoms with Crippen molar-refractivity contribution in [3.63, 3.8) is 0 Å². The van der Waals surface area contributed by atoms with E-state index in [-0.39, 0.29) is 24.5 Å². The minimum Gasteiger partial charge on any atom is -0.481 e. The van der Waals surface area contributed by atoms with Gasteiger partial charge in [0.05, 0.1) is 5.41 Å². The van der Waals surface area contributed by atoms with Gasteiger partial charge in [-0.3, -0.25) is 9.69 Å². The Hall–Kier alpha value is -1.70. The largest absolute Gasteiger partial charge is 0.481 e. The number of carboxylic acid groups (broad SMARTS) is 2. The highest BCUT2D eigenvalue weighted by atomic mass is 16.7. The lowest BCUT2D eigenvalue weighted by molar-refractivity contribution is -0.176. The molecule has 0 aromatic heterocycles.